The average molecular weight is 236 g/mol. The van der Waals surface area contributed by atoms with Crippen LogP contribution in [0.1, 0.15) is 19.3 Å². The average Bonchev–Trinajstić information content (AvgIpc) is 2.83. The molecule has 4 nitrogen and oxygen atoms in total. The summed E-state index contributed by atoms with van der Waals surface area (Å²) in [6.45, 7) is 0. The van der Waals surface area contributed by atoms with E-state index in [4.69, 9.17) is 11.6 Å². The summed E-state index contributed by atoms with van der Waals surface area (Å²) in [5.74, 6) is 0.0127. The van der Waals surface area contributed by atoms with Gasteiger partial charge in [0.1, 0.15) is 5.69 Å². The van der Waals surface area contributed by atoms with Crippen LogP contribution in [0.4, 0.5) is 5.69 Å². The summed E-state index contributed by atoms with van der Waals surface area (Å²) < 4.78 is 0. The quantitative estimate of drug-likeness (QED) is 0.701. The number of anilines is 1. The smallest absolute Gasteiger partial charge is 0.256 e. The maximum atomic E-state index is 12.1. The molecule has 2 aliphatic rings. The highest BCUT2D eigenvalue weighted by atomic mass is 35.5. The van der Waals surface area contributed by atoms with E-state index in [0.717, 1.165) is 25.0 Å². The van der Waals surface area contributed by atoms with Gasteiger partial charge in [0.05, 0.1) is 11.6 Å². The van der Waals surface area contributed by atoms with E-state index in [1.165, 1.54) is 5.01 Å². The van der Waals surface area contributed by atoms with Gasteiger partial charge in [-0.2, -0.15) is 10.1 Å². The second-order valence-electron chi connectivity index (χ2n) is 4.00. The first-order valence-electron chi connectivity index (χ1n) is 5.29. The lowest BCUT2D eigenvalue weighted by atomic mass is 10.1. The minimum atomic E-state index is -0.0173. The Morgan fingerprint density at radius 2 is 2.38 bits per heavy atom. The first-order chi connectivity index (χ1) is 7.77. The Labute approximate surface area is 97.9 Å². The van der Waals surface area contributed by atoms with Crippen LogP contribution in [0.5, 0.6) is 0 Å². The van der Waals surface area contributed by atoms with E-state index >= 15 is 0 Å². The highest BCUT2D eigenvalue weighted by Gasteiger charge is 2.39. The molecule has 1 aromatic rings. The molecule has 82 valence electrons. The molecule has 0 bridgehead atoms. The van der Waals surface area contributed by atoms with Crippen LogP contribution in [0.15, 0.2) is 23.4 Å². The lowest BCUT2D eigenvalue weighted by Gasteiger charge is -2.14. The van der Waals surface area contributed by atoms with Gasteiger partial charge in [-0.25, -0.2) is 4.98 Å². The number of pyridine rings is 1. The van der Waals surface area contributed by atoms with Crippen LogP contribution in [0.2, 0.25) is 5.15 Å². The first-order valence-corrected chi connectivity index (χ1v) is 5.67. The van der Waals surface area contributed by atoms with E-state index in [9.17, 15) is 4.79 Å². The lowest BCUT2D eigenvalue weighted by molar-refractivity contribution is -0.119. The van der Waals surface area contributed by atoms with Crippen LogP contribution in [0.25, 0.3) is 0 Å². The van der Waals surface area contributed by atoms with E-state index in [2.05, 4.69) is 10.1 Å². The third-order valence-corrected chi connectivity index (χ3v) is 3.32. The Hall–Kier alpha value is -1.42. The van der Waals surface area contributed by atoms with Crippen molar-refractivity contribution in [3.05, 3.63) is 23.5 Å². The Balaban J connectivity index is 2.01. The molecule has 1 saturated carbocycles. The zero-order valence-electron chi connectivity index (χ0n) is 8.56. The van der Waals surface area contributed by atoms with Crippen molar-refractivity contribution in [1.29, 1.82) is 0 Å². The molecule has 1 aromatic heterocycles. The molecule has 0 radical (unpaired) electrons. The molecule has 0 saturated heterocycles. The molecule has 5 heteroatoms. The van der Waals surface area contributed by atoms with Crippen molar-refractivity contribution in [3.8, 4) is 0 Å². The van der Waals surface area contributed by atoms with Crippen molar-refractivity contribution in [3.63, 3.8) is 0 Å². The summed E-state index contributed by atoms with van der Waals surface area (Å²) in [4.78, 5) is 16.0. The highest BCUT2D eigenvalue weighted by Crippen LogP contribution is 2.34. The monoisotopic (exact) mass is 235 g/mol. The van der Waals surface area contributed by atoms with Gasteiger partial charge in [0.2, 0.25) is 0 Å². The number of amides is 1. The fourth-order valence-electron chi connectivity index (χ4n) is 2.25. The van der Waals surface area contributed by atoms with Crippen molar-refractivity contribution in [2.24, 2.45) is 11.0 Å². The molecule has 2 heterocycles. The number of rotatable bonds is 1. The molecule has 1 fully saturated rings. The van der Waals surface area contributed by atoms with Crippen LogP contribution < -0.4 is 5.01 Å². The summed E-state index contributed by atoms with van der Waals surface area (Å²) in [5.41, 5.74) is 1.57. The van der Waals surface area contributed by atoms with Crippen molar-refractivity contribution in [2.45, 2.75) is 19.3 Å². The van der Waals surface area contributed by atoms with E-state index in [1.54, 1.807) is 18.3 Å². The normalized spacial score (nSPS) is 23.6. The van der Waals surface area contributed by atoms with Crippen molar-refractivity contribution in [1.82, 2.24) is 4.98 Å². The third kappa shape index (κ3) is 1.33. The molecule has 1 aliphatic carbocycles. The summed E-state index contributed by atoms with van der Waals surface area (Å²) in [7, 11) is 0. The fourth-order valence-corrected chi connectivity index (χ4v) is 2.45. The van der Waals surface area contributed by atoms with Crippen LogP contribution in [-0.4, -0.2) is 16.6 Å². The number of halogens is 1. The third-order valence-electron chi connectivity index (χ3n) is 3.03. The van der Waals surface area contributed by atoms with Crippen molar-refractivity contribution < 1.29 is 4.79 Å². The minimum absolute atomic E-state index is 0.0173. The summed E-state index contributed by atoms with van der Waals surface area (Å²) >= 11 is 5.95. The highest BCUT2D eigenvalue weighted by molar-refractivity contribution is 6.33. The number of hydrazone groups is 1. The second-order valence-corrected chi connectivity index (χ2v) is 4.36. The Bertz CT molecular complexity index is 486. The Morgan fingerprint density at radius 1 is 1.50 bits per heavy atom. The standard InChI is InChI=1S/C11H10ClN3O/c12-10-9(5-2-6-13-10)15-11(16)7-3-1-4-8(7)14-15/h2,5-7H,1,3-4H2. The number of nitrogens with zero attached hydrogens (tertiary/aromatic N) is 3. The maximum absolute atomic E-state index is 12.1. The summed E-state index contributed by atoms with van der Waals surface area (Å²) in [6.07, 6.45) is 4.49. The van der Waals surface area contributed by atoms with Crippen LogP contribution >= 0.6 is 11.6 Å². The molecule has 0 aromatic carbocycles. The van der Waals surface area contributed by atoms with Gasteiger partial charge in [-0.05, 0) is 31.4 Å². The first kappa shape index (κ1) is 9.78. The largest absolute Gasteiger partial charge is 0.272 e. The predicted octanol–water partition coefficient (Wildman–Crippen LogP) is 2.24. The van der Waals surface area contributed by atoms with E-state index in [-0.39, 0.29) is 11.8 Å². The van der Waals surface area contributed by atoms with Gasteiger partial charge in [-0.15, -0.1) is 0 Å². The fraction of sp³-hybridized carbons (Fsp3) is 0.364. The van der Waals surface area contributed by atoms with Crippen LogP contribution in [0.3, 0.4) is 0 Å². The minimum Gasteiger partial charge on any atom is -0.272 e. The van der Waals surface area contributed by atoms with Gasteiger partial charge in [0.25, 0.3) is 5.91 Å². The zero-order valence-corrected chi connectivity index (χ0v) is 9.31. The molecule has 1 atom stereocenters. The number of fused-ring (bicyclic) bond motifs is 1. The summed E-state index contributed by atoms with van der Waals surface area (Å²) in [5, 5.41) is 6.06. The number of hydrogen-bond acceptors (Lipinski definition) is 3. The number of carbonyl (C=O) groups is 1. The van der Waals surface area contributed by atoms with Gasteiger partial charge in [-0.1, -0.05) is 11.6 Å². The molecule has 1 unspecified atom stereocenters. The zero-order chi connectivity index (χ0) is 11.1. The van der Waals surface area contributed by atoms with E-state index in [0.29, 0.717) is 10.8 Å². The van der Waals surface area contributed by atoms with E-state index < -0.39 is 0 Å². The predicted molar refractivity (Wildman–Crippen MR) is 61.5 cm³/mol. The van der Waals surface area contributed by atoms with E-state index in [1.807, 2.05) is 0 Å². The Kier molecular flexibility index (Phi) is 2.17. The molecule has 0 N–H and O–H groups in total. The molecular weight excluding hydrogens is 226 g/mol. The SMILES string of the molecule is O=C1C2CCCC2=NN1c1cccnc1Cl. The molecule has 3 rings (SSSR count). The second kappa shape index (κ2) is 3.56. The van der Waals surface area contributed by atoms with Gasteiger partial charge in [-0.3, -0.25) is 4.79 Å². The molecule has 0 spiro atoms. The molecule has 1 amide bonds. The van der Waals surface area contributed by atoms with Gasteiger partial charge in [0.15, 0.2) is 5.15 Å². The number of carbonyl (C=O) groups excluding carboxylic acids is 1. The maximum Gasteiger partial charge on any atom is 0.256 e. The molecule has 1 aliphatic heterocycles. The van der Waals surface area contributed by atoms with Gasteiger partial charge in [0, 0.05) is 6.20 Å². The topological polar surface area (TPSA) is 45.6 Å². The summed E-state index contributed by atoms with van der Waals surface area (Å²) in [6, 6.07) is 3.51. The lowest BCUT2D eigenvalue weighted by Crippen LogP contribution is -2.26. The molecular formula is C11H10ClN3O. The number of aromatic nitrogens is 1. The van der Waals surface area contributed by atoms with Gasteiger partial charge < -0.3 is 0 Å². The Morgan fingerprint density at radius 3 is 3.12 bits per heavy atom. The van der Waals surface area contributed by atoms with Crippen LogP contribution in [-0.2, 0) is 4.79 Å². The van der Waals surface area contributed by atoms with Gasteiger partial charge >= 0.3 is 0 Å². The molecule has 16 heavy (non-hydrogen) atoms. The van der Waals surface area contributed by atoms with Crippen molar-refractivity contribution in [2.75, 3.05) is 5.01 Å². The van der Waals surface area contributed by atoms with Crippen molar-refractivity contribution >= 4 is 28.9 Å². The number of hydrogen-bond donors (Lipinski definition) is 0. The van der Waals surface area contributed by atoms with Crippen LogP contribution in [0, 0.1) is 5.92 Å².